The first kappa shape index (κ1) is 18.2. The Morgan fingerprint density at radius 1 is 1.31 bits per heavy atom. The van der Waals surface area contributed by atoms with E-state index in [1.165, 1.54) is 16.8 Å². The highest BCUT2D eigenvalue weighted by molar-refractivity contribution is 5.92. The molecule has 1 amide bonds. The summed E-state index contributed by atoms with van der Waals surface area (Å²) in [4.78, 5) is 26.7. The number of hydrogen-bond donors (Lipinski definition) is 0. The quantitative estimate of drug-likeness (QED) is 0.799. The summed E-state index contributed by atoms with van der Waals surface area (Å²) in [6.45, 7) is 3.22. The van der Waals surface area contributed by atoms with Gasteiger partial charge in [-0.3, -0.25) is 9.59 Å². The van der Waals surface area contributed by atoms with Gasteiger partial charge in [-0.2, -0.15) is 5.10 Å². The number of ether oxygens (including phenoxy) is 1. The number of nitrogens with zero attached hydrogens (tertiary/aromatic N) is 3. The number of rotatable bonds is 6. The minimum absolute atomic E-state index is 0.0970. The van der Waals surface area contributed by atoms with Crippen LogP contribution in [0.5, 0.6) is 5.75 Å². The molecular formula is C20H25N3O3. The molecule has 0 saturated carbocycles. The molecule has 0 N–H and O–H groups in total. The Labute approximate surface area is 153 Å². The van der Waals surface area contributed by atoms with Crippen molar-refractivity contribution < 1.29 is 9.53 Å². The Bertz CT molecular complexity index is 831. The lowest BCUT2D eigenvalue weighted by Gasteiger charge is -2.24. The molecule has 1 atom stereocenters. The van der Waals surface area contributed by atoms with Crippen molar-refractivity contribution in [1.29, 1.82) is 0 Å². The fourth-order valence-electron chi connectivity index (χ4n) is 3.47. The largest absolute Gasteiger partial charge is 0.497 e. The molecule has 1 aromatic carbocycles. The second-order valence-electron chi connectivity index (χ2n) is 6.63. The van der Waals surface area contributed by atoms with Gasteiger partial charge in [0, 0.05) is 25.2 Å². The maximum atomic E-state index is 13.0. The summed E-state index contributed by atoms with van der Waals surface area (Å²) in [5, 5.41) is 4.27. The zero-order valence-electron chi connectivity index (χ0n) is 15.4. The number of benzene rings is 1. The number of amides is 1. The van der Waals surface area contributed by atoms with Gasteiger partial charge in [-0.05, 0) is 49.4 Å². The predicted octanol–water partition coefficient (Wildman–Crippen LogP) is 2.51. The van der Waals surface area contributed by atoms with E-state index < -0.39 is 0 Å². The van der Waals surface area contributed by atoms with Crippen LogP contribution in [0.3, 0.4) is 0 Å². The second-order valence-corrected chi connectivity index (χ2v) is 6.63. The van der Waals surface area contributed by atoms with Crippen LogP contribution in [-0.2, 0) is 13.0 Å². The molecule has 0 radical (unpaired) electrons. The normalized spacial score (nSPS) is 16.7. The molecule has 1 aromatic heterocycles. The molecule has 1 unspecified atom stereocenters. The van der Waals surface area contributed by atoms with Crippen LogP contribution < -0.4 is 10.3 Å². The van der Waals surface area contributed by atoms with Gasteiger partial charge in [0.2, 0.25) is 0 Å². The Balaban J connectivity index is 1.78. The van der Waals surface area contributed by atoms with Gasteiger partial charge in [-0.25, -0.2) is 4.68 Å². The zero-order chi connectivity index (χ0) is 18.5. The first-order valence-corrected chi connectivity index (χ1v) is 9.14. The van der Waals surface area contributed by atoms with Crippen molar-refractivity contribution in [2.24, 2.45) is 0 Å². The highest BCUT2D eigenvalue weighted by atomic mass is 16.5. The molecule has 1 saturated heterocycles. The summed E-state index contributed by atoms with van der Waals surface area (Å²) in [6.07, 6.45) is 3.54. The Hall–Kier alpha value is -2.63. The average Bonchev–Trinajstić information content (AvgIpc) is 3.11. The van der Waals surface area contributed by atoms with Crippen LogP contribution in [0.2, 0.25) is 0 Å². The van der Waals surface area contributed by atoms with Crippen molar-refractivity contribution in [3.63, 3.8) is 0 Å². The smallest absolute Gasteiger partial charge is 0.274 e. The van der Waals surface area contributed by atoms with Gasteiger partial charge in [-0.15, -0.1) is 0 Å². The van der Waals surface area contributed by atoms with Gasteiger partial charge in [0.25, 0.3) is 11.5 Å². The maximum Gasteiger partial charge on any atom is 0.274 e. The van der Waals surface area contributed by atoms with E-state index in [1.807, 2.05) is 30.0 Å². The monoisotopic (exact) mass is 355 g/mol. The number of aromatic nitrogens is 2. The molecule has 1 fully saturated rings. The highest BCUT2D eigenvalue weighted by Gasteiger charge is 2.30. The lowest BCUT2D eigenvalue weighted by molar-refractivity contribution is 0.0727. The van der Waals surface area contributed by atoms with E-state index in [9.17, 15) is 9.59 Å². The SMILES string of the molecule is CCCn1nc(C(=O)N2CCCC2Cc2cccc(OC)c2)ccc1=O. The standard InChI is InChI=1S/C20H25N3O3/c1-3-11-23-19(24)10-9-18(21-23)20(25)22-12-5-7-16(22)13-15-6-4-8-17(14-15)26-2/h4,6,8-10,14,16H,3,5,7,11-13H2,1-2H3. The van der Waals surface area contributed by atoms with E-state index in [2.05, 4.69) is 11.2 Å². The van der Waals surface area contributed by atoms with Crippen molar-refractivity contribution in [2.45, 2.75) is 45.2 Å². The molecule has 2 aromatic rings. The third kappa shape index (κ3) is 3.95. The molecule has 3 rings (SSSR count). The number of aryl methyl sites for hydroxylation is 1. The van der Waals surface area contributed by atoms with E-state index in [4.69, 9.17) is 4.74 Å². The Kier molecular flexibility index (Phi) is 5.71. The topological polar surface area (TPSA) is 64.4 Å². The van der Waals surface area contributed by atoms with Gasteiger partial charge >= 0.3 is 0 Å². The van der Waals surface area contributed by atoms with Crippen molar-refractivity contribution in [3.05, 3.63) is 58.0 Å². The molecule has 0 spiro atoms. The van der Waals surface area contributed by atoms with Gasteiger partial charge in [0.1, 0.15) is 11.4 Å². The molecule has 2 heterocycles. The zero-order valence-corrected chi connectivity index (χ0v) is 15.4. The molecule has 6 nitrogen and oxygen atoms in total. The van der Waals surface area contributed by atoms with Gasteiger partial charge in [0.05, 0.1) is 7.11 Å². The van der Waals surface area contributed by atoms with Crippen LogP contribution >= 0.6 is 0 Å². The van der Waals surface area contributed by atoms with Gasteiger partial charge in [0.15, 0.2) is 0 Å². The summed E-state index contributed by atoms with van der Waals surface area (Å²) in [5.41, 5.74) is 1.33. The first-order valence-electron chi connectivity index (χ1n) is 9.14. The molecule has 0 aliphatic carbocycles. The van der Waals surface area contributed by atoms with Crippen molar-refractivity contribution in [1.82, 2.24) is 14.7 Å². The fourth-order valence-corrected chi connectivity index (χ4v) is 3.47. The van der Waals surface area contributed by atoms with Crippen LogP contribution in [0.1, 0.15) is 42.2 Å². The van der Waals surface area contributed by atoms with Crippen LogP contribution in [0.25, 0.3) is 0 Å². The Morgan fingerprint density at radius 2 is 2.15 bits per heavy atom. The van der Waals surface area contributed by atoms with Crippen LogP contribution in [-0.4, -0.2) is 40.3 Å². The summed E-state index contributed by atoms with van der Waals surface area (Å²) >= 11 is 0. The second kappa shape index (κ2) is 8.17. The molecule has 26 heavy (non-hydrogen) atoms. The fraction of sp³-hybridized carbons (Fsp3) is 0.450. The molecule has 1 aliphatic rings. The lowest BCUT2D eigenvalue weighted by atomic mass is 10.0. The third-order valence-electron chi connectivity index (χ3n) is 4.76. The molecule has 6 heteroatoms. The number of hydrogen-bond acceptors (Lipinski definition) is 4. The van der Waals surface area contributed by atoms with Crippen LogP contribution in [0, 0.1) is 0 Å². The lowest BCUT2D eigenvalue weighted by Crippen LogP contribution is -2.38. The molecule has 0 bridgehead atoms. The number of likely N-dealkylation sites (tertiary alicyclic amines) is 1. The molecular weight excluding hydrogens is 330 g/mol. The van der Waals surface area contributed by atoms with Crippen molar-refractivity contribution >= 4 is 5.91 Å². The van der Waals surface area contributed by atoms with Gasteiger partial charge in [-0.1, -0.05) is 19.1 Å². The van der Waals surface area contributed by atoms with Gasteiger partial charge < -0.3 is 9.64 Å². The van der Waals surface area contributed by atoms with Crippen LogP contribution in [0.4, 0.5) is 0 Å². The molecule has 138 valence electrons. The Morgan fingerprint density at radius 3 is 2.92 bits per heavy atom. The number of methoxy groups -OCH3 is 1. The first-order chi connectivity index (χ1) is 12.6. The average molecular weight is 355 g/mol. The molecule has 1 aliphatic heterocycles. The minimum atomic E-state index is -0.169. The number of carbonyl (C=O) groups excluding carboxylic acids is 1. The summed E-state index contributed by atoms with van der Waals surface area (Å²) in [7, 11) is 1.65. The predicted molar refractivity (Wildman–Crippen MR) is 99.5 cm³/mol. The van der Waals surface area contributed by atoms with E-state index in [0.29, 0.717) is 12.2 Å². The highest BCUT2D eigenvalue weighted by Crippen LogP contribution is 2.24. The minimum Gasteiger partial charge on any atom is -0.497 e. The van der Waals surface area contributed by atoms with E-state index in [1.54, 1.807) is 7.11 Å². The van der Waals surface area contributed by atoms with E-state index in [0.717, 1.165) is 43.5 Å². The summed E-state index contributed by atoms with van der Waals surface area (Å²) in [5.74, 6) is 0.729. The summed E-state index contributed by atoms with van der Waals surface area (Å²) in [6, 6.07) is 11.1. The van der Waals surface area contributed by atoms with E-state index in [-0.39, 0.29) is 17.5 Å². The number of carbonyl (C=O) groups is 1. The third-order valence-corrected chi connectivity index (χ3v) is 4.76. The van der Waals surface area contributed by atoms with E-state index >= 15 is 0 Å². The van der Waals surface area contributed by atoms with Crippen LogP contribution in [0.15, 0.2) is 41.2 Å². The van der Waals surface area contributed by atoms with Crippen molar-refractivity contribution in [3.8, 4) is 5.75 Å². The van der Waals surface area contributed by atoms with Crippen molar-refractivity contribution in [2.75, 3.05) is 13.7 Å². The maximum absolute atomic E-state index is 13.0. The summed E-state index contributed by atoms with van der Waals surface area (Å²) < 4.78 is 6.66.